The summed E-state index contributed by atoms with van der Waals surface area (Å²) in [4.78, 5) is 26.1. The van der Waals surface area contributed by atoms with Gasteiger partial charge < -0.3 is 4.74 Å². The number of nitro groups is 1. The molecule has 0 unspecified atom stereocenters. The predicted octanol–water partition coefficient (Wildman–Crippen LogP) is 3.84. The van der Waals surface area contributed by atoms with Gasteiger partial charge >= 0.3 is 5.97 Å². The maximum absolute atomic E-state index is 13.8. The second kappa shape index (κ2) is 6.32. The van der Waals surface area contributed by atoms with Crippen LogP contribution >= 0.6 is 15.9 Å². The Balaban J connectivity index is 1.97. The van der Waals surface area contributed by atoms with Gasteiger partial charge in [-0.05, 0) is 24.3 Å². The van der Waals surface area contributed by atoms with E-state index in [9.17, 15) is 19.3 Å². The van der Waals surface area contributed by atoms with Crippen molar-refractivity contribution in [2.75, 3.05) is 0 Å². The van der Waals surface area contributed by atoms with Crippen LogP contribution in [0.3, 0.4) is 0 Å². The normalized spacial score (nSPS) is 15.3. The summed E-state index contributed by atoms with van der Waals surface area (Å²) in [5, 5.41) is 10.8. The van der Waals surface area contributed by atoms with Crippen molar-refractivity contribution in [2.24, 2.45) is 4.99 Å². The zero-order valence-electron chi connectivity index (χ0n) is 11.9. The molecule has 120 valence electrons. The number of carbonyl (C=O) groups excluding carboxylic acids is 1. The molecule has 0 atom stereocenters. The summed E-state index contributed by atoms with van der Waals surface area (Å²) in [5.41, 5.74) is 0.229. The number of nitrogens with zero attached hydrogens (tertiary/aromatic N) is 2. The summed E-state index contributed by atoms with van der Waals surface area (Å²) in [6, 6.07) is 9.92. The number of cyclic esters (lactones) is 1. The molecule has 0 N–H and O–H groups in total. The van der Waals surface area contributed by atoms with E-state index in [1.807, 2.05) is 0 Å². The lowest BCUT2D eigenvalue weighted by Gasteiger charge is -1.98. The second-order valence-electron chi connectivity index (χ2n) is 4.81. The Morgan fingerprint density at radius 1 is 1.25 bits per heavy atom. The van der Waals surface area contributed by atoms with E-state index in [0.29, 0.717) is 4.47 Å². The van der Waals surface area contributed by atoms with Gasteiger partial charge in [0, 0.05) is 27.7 Å². The molecule has 24 heavy (non-hydrogen) atoms. The van der Waals surface area contributed by atoms with Crippen LogP contribution < -0.4 is 0 Å². The van der Waals surface area contributed by atoms with E-state index in [4.69, 9.17) is 4.74 Å². The SMILES string of the molecule is O=C1OC(c2cccc([N+](=O)[O-])c2)=N/C1=C\c1ccc(Br)cc1F. The zero-order valence-corrected chi connectivity index (χ0v) is 13.5. The van der Waals surface area contributed by atoms with Crippen molar-refractivity contribution in [3.8, 4) is 0 Å². The first-order valence-corrected chi connectivity index (χ1v) is 7.46. The van der Waals surface area contributed by atoms with Crippen molar-refractivity contribution in [3.05, 3.63) is 79.7 Å². The molecule has 0 saturated heterocycles. The summed E-state index contributed by atoms with van der Waals surface area (Å²) < 4.78 is 19.4. The molecule has 3 rings (SSSR count). The summed E-state index contributed by atoms with van der Waals surface area (Å²) in [7, 11) is 0. The van der Waals surface area contributed by atoms with Gasteiger partial charge in [0.15, 0.2) is 5.70 Å². The van der Waals surface area contributed by atoms with E-state index >= 15 is 0 Å². The fraction of sp³-hybridized carbons (Fsp3) is 0. The molecule has 8 heteroatoms. The van der Waals surface area contributed by atoms with Crippen LogP contribution in [0.1, 0.15) is 11.1 Å². The smallest absolute Gasteiger partial charge is 0.363 e. The topological polar surface area (TPSA) is 81.8 Å². The van der Waals surface area contributed by atoms with E-state index in [1.54, 1.807) is 6.07 Å². The number of rotatable bonds is 3. The van der Waals surface area contributed by atoms with Crippen molar-refractivity contribution in [2.45, 2.75) is 0 Å². The first kappa shape index (κ1) is 16.0. The molecule has 0 fully saturated rings. The fourth-order valence-corrected chi connectivity index (χ4v) is 2.38. The Kier molecular flexibility index (Phi) is 4.22. The van der Waals surface area contributed by atoms with Gasteiger partial charge in [0.1, 0.15) is 5.82 Å². The maximum atomic E-state index is 13.8. The van der Waals surface area contributed by atoms with Gasteiger partial charge in [-0.15, -0.1) is 0 Å². The molecular weight excluding hydrogens is 383 g/mol. The van der Waals surface area contributed by atoms with Crippen molar-refractivity contribution in [1.82, 2.24) is 0 Å². The van der Waals surface area contributed by atoms with Crippen LogP contribution in [0.4, 0.5) is 10.1 Å². The standard InChI is InChI=1S/C16H8BrFN2O4/c17-11-5-4-9(13(18)8-11)7-14-16(21)24-15(19-14)10-2-1-3-12(6-10)20(22)23/h1-8H/b14-7-. The summed E-state index contributed by atoms with van der Waals surface area (Å²) in [6.07, 6.45) is 1.26. The van der Waals surface area contributed by atoms with Gasteiger partial charge in [0.05, 0.1) is 4.92 Å². The largest absolute Gasteiger partial charge is 0.402 e. The highest BCUT2D eigenvalue weighted by Gasteiger charge is 2.25. The molecule has 0 bridgehead atoms. The average molecular weight is 391 g/mol. The predicted molar refractivity (Wildman–Crippen MR) is 87.8 cm³/mol. The molecule has 0 radical (unpaired) electrons. The van der Waals surface area contributed by atoms with E-state index in [-0.39, 0.29) is 28.4 Å². The summed E-state index contributed by atoms with van der Waals surface area (Å²) >= 11 is 3.14. The van der Waals surface area contributed by atoms with Crippen LogP contribution in [-0.4, -0.2) is 16.8 Å². The molecular formula is C16H8BrFN2O4. The number of halogens is 2. The number of benzene rings is 2. The maximum Gasteiger partial charge on any atom is 0.363 e. The van der Waals surface area contributed by atoms with E-state index < -0.39 is 16.7 Å². The van der Waals surface area contributed by atoms with Crippen molar-refractivity contribution in [1.29, 1.82) is 0 Å². The average Bonchev–Trinajstić information content (AvgIpc) is 2.91. The number of non-ortho nitro benzene ring substituents is 1. The number of carbonyl (C=O) groups is 1. The molecule has 1 aliphatic heterocycles. The van der Waals surface area contributed by atoms with Crippen LogP contribution in [0.5, 0.6) is 0 Å². The number of esters is 1. The van der Waals surface area contributed by atoms with Gasteiger partial charge in [-0.3, -0.25) is 10.1 Å². The highest BCUT2D eigenvalue weighted by molar-refractivity contribution is 9.10. The number of hydrogen-bond acceptors (Lipinski definition) is 5. The highest BCUT2D eigenvalue weighted by Crippen LogP contribution is 2.23. The third-order valence-electron chi connectivity index (χ3n) is 3.18. The molecule has 1 aliphatic rings. The Morgan fingerprint density at radius 3 is 2.75 bits per heavy atom. The van der Waals surface area contributed by atoms with Gasteiger partial charge in [-0.1, -0.05) is 28.1 Å². The first-order chi connectivity index (χ1) is 11.4. The lowest BCUT2D eigenvalue weighted by molar-refractivity contribution is -0.384. The van der Waals surface area contributed by atoms with Crippen LogP contribution in [0.25, 0.3) is 6.08 Å². The first-order valence-electron chi connectivity index (χ1n) is 6.66. The van der Waals surface area contributed by atoms with Crippen LogP contribution in [-0.2, 0) is 9.53 Å². The van der Waals surface area contributed by atoms with Gasteiger partial charge in [0.2, 0.25) is 5.90 Å². The third-order valence-corrected chi connectivity index (χ3v) is 3.67. The molecule has 1 heterocycles. The monoisotopic (exact) mass is 390 g/mol. The van der Waals surface area contributed by atoms with Crippen molar-refractivity contribution >= 4 is 39.6 Å². The number of aliphatic imine (C=N–C) groups is 1. The Bertz CT molecular complexity index is 924. The summed E-state index contributed by atoms with van der Waals surface area (Å²) in [6.45, 7) is 0. The molecule has 0 aromatic heterocycles. The number of nitro benzene ring substituents is 1. The molecule has 2 aromatic carbocycles. The molecule has 0 aliphatic carbocycles. The van der Waals surface area contributed by atoms with E-state index in [0.717, 1.165) is 0 Å². The Morgan fingerprint density at radius 2 is 2.04 bits per heavy atom. The molecule has 6 nitrogen and oxygen atoms in total. The van der Waals surface area contributed by atoms with Gasteiger partial charge in [0.25, 0.3) is 5.69 Å². The highest BCUT2D eigenvalue weighted by atomic mass is 79.9. The van der Waals surface area contributed by atoms with Gasteiger partial charge in [-0.25, -0.2) is 14.2 Å². The quantitative estimate of drug-likeness (QED) is 0.345. The van der Waals surface area contributed by atoms with Gasteiger partial charge in [-0.2, -0.15) is 0 Å². The Hall–Kier alpha value is -2.87. The molecule has 0 amide bonds. The second-order valence-corrected chi connectivity index (χ2v) is 5.73. The van der Waals surface area contributed by atoms with Crippen LogP contribution in [0, 0.1) is 15.9 Å². The zero-order chi connectivity index (χ0) is 17.3. The number of ether oxygens (including phenoxy) is 1. The van der Waals surface area contributed by atoms with Crippen molar-refractivity contribution < 1.29 is 18.8 Å². The minimum atomic E-state index is -0.751. The van der Waals surface area contributed by atoms with E-state index in [1.165, 1.54) is 42.5 Å². The summed E-state index contributed by atoms with van der Waals surface area (Å²) in [5.74, 6) is -1.34. The fourth-order valence-electron chi connectivity index (χ4n) is 2.05. The minimum Gasteiger partial charge on any atom is -0.402 e. The Labute approximate surface area is 143 Å². The van der Waals surface area contributed by atoms with Crippen LogP contribution in [0.15, 0.2) is 57.6 Å². The van der Waals surface area contributed by atoms with Crippen LogP contribution in [0.2, 0.25) is 0 Å². The van der Waals surface area contributed by atoms with Crippen molar-refractivity contribution in [3.63, 3.8) is 0 Å². The third kappa shape index (κ3) is 3.23. The molecule has 2 aromatic rings. The number of hydrogen-bond donors (Lipinski definition) is 0. The molecule has 0 spiro atoms. The molecule has 0 saturated carbocycles. The lowest BCUT2D eigenvalue weighted by atomic mass is 10.2. The van der Waals surface area contributed by atoms with E-state index in [2.05, 4.69) is 20.9 Å². The minimum absolute atomic E-state index is 0.0625. The lowest BCUT2D eigenvalue weighted by Crippen LogP contribution is -2.05.